The molecule has 0 radical (unpaired) electrons. The number of likely N-dealkylation sites (tertiary alicyclic amines) is 1. The maximum atomic E-state index is 13.0. The van der Waals surface area contributed by atoms with Gasteiger partial charge >= 0.3 is 0 Å². The average molecular weight is 547 g/mol. The minimum absolute atomic E-state index is 0.00591. The van der Waals surface area contributed by atoms with Crippen LogP contribution in [0.4, 0.5) is 0 Å². The van der Waals surface area contributed by atoms with Gasteiger partial charge in [-0.1, -0.05) is 52.3 Å². The summed E-state index contributed by atoms with van der Waals surface area (Å²) >= 11 is 3.46. The van der Waals surface area contributed by atoms with Crippen LogP contribution in [0.3, 0.4) is 0 Å². The van der Waals surface area contributed by atoms with Gasteiger partial charge in [0.1, 0.15) is 11.6 Å². The molecular formula is C29H31BrN4O2. The van der Waals surface area contributed by atoms with E-state index in [4.69, 9.17) is 9.72 Å². The van der Waals surface area contributed by atoms with Crippen LogP contribution in [0, 0.1) is 5.92 Å². The lowest BCUT2D eigenvalue weighted by atomic mass is 9.97. The third-order valence-electron chi connectivity index (χ3n) is 6.85. The van der Waals surface area contributed by atoms with Crippen molar-refractivity contribution in [3.05, 3.63) is 94.2 Å². The largest absolute Gasteiger partial charge is 0.497 e. The molecule has 1 aromatic heterocycles. The molecule has 0 spiro atoms. The van der Waals surface area contributed by atoms with Crippen LogP contribution in [-0.2, 0) is 24.4 Å². The number of hydrogen-bond acceptors (Lipinski definition) is 4. The zero-order chi connectivity index (χ0) is 24.9. The monoisotopic (exact) mass is 546 g/mol. The van der Waals surface area contributed by atoms with Gasteiger partial charge < -0.3 is 14.6 Å². The Morgan fingerprint density at radius 2 is 1.78 bits per heavy atom. The summed E-state index contributed by atoms with van der Waals surface area (Å²) in [5.41, 5.74) is 4.43. The van der Waals surface area contributed by atoms with E-state index in [2.05, 4.69) is 61.0 Å². The molecule has 1 atom stereocenters. The third kappa shape index (κ3) is 5.79. The smallest absolute Gasteiger partial charge is 0.224 e. The van der Waals surface area contributed by atoms with Gasteiger partial charge in [-0.25, -0.2) is 4.98 Å². The fourth-order valence-corrected chi connectivity index (χ4v) is 5.15. The molecule has 7 heteroatoms. The maximum Gasteiger partial charge on any atom is 0.224 e. The first kappa shape index (κ1) is 24.5. The number of benzene rings is 3. The van der Waals surface area contributed by atoms with Crippen LogP contribution in [0.1, 0.15) is 29.8 Å². The number of imidazole rings is 1. The summed E-state index contributed by atoms with van der Waals surface area (Å²) in [6.07, 6.45) is 1.93. The van der Waals surface area contributed by atoms with Crippen molar-refractivity contribution in [1.82, 2.24) is 19.8 Å². The van der Waals surface area contributed by atoms with Gasteiger partial charge in [0.05, 0.1) is 30.6 Å². The van der Waals surface area contributed by atoms with Crippen molar-refractivity contribution >= 4 is 32.9 Å². The molecule has 0 aliphatic carbocycles. The number of halogens is 1. The number of carbonyl (C=O) groups is 1. The first-order chi connectivity index (χ1) is 17.6. The summed E-state index contributed by atoms with van der Waals surface area (Å²) in [6, 6.07) is 24.6. The molecule has 186 valence electrons. The minimum atomic E-state index is -0.00591. The van der Waals surface area contributed by atoms with Gasteiger partial charge in [-0.15, -0.1) is 0 Å². The molecule has 0 bridgehead atoms. The standard InChI is InChI=1S/C29H31BrN4O2/c1-36-25-14-10-22(11-15-25)18-34-27-7-3-2-6-26(27)32-28(34)20-33-16-4-5-23(19-33)29(35)31-17-21-8-12-24(30)13-9-21/h2-3,6-15,23H,4-5,16-20H2,1H3,(H,31,35)/t23-/m0/s1. The Balaban J connectivity index is 1.28. The Morgan fingerprint density at radius 3 is 2.56 bits per heavy atom. The third-order valence-corrected chi connectivity index (χ3v) is 7.38. The zero-order valence-electron chi connectivity index (χ0n) is 20.5. The van der Waals surface area contributed by atoms with E-state index in [0.29, 0.717) is 6.54 Å². The first-order valence-corrected chi connectivity index (χ1v) is 13.2. The van der Waals surface area contributed by atoms with Crippen molar-refractivity contribution in [1.29, 1.82) is 0 Å². The van der Waals surface area contributed by atoms with E-state index in [1.807, 2.05) is 42.5 Å². The predicted molar refractivity (Wildman–Crippen MR) is 146 cm³/mol. The molecule has 1 aliphatic heterocycles. The van der Waals surface area contributed by atoms with Crippen molar-refractivity contribution in [2.45, 2.75) is 32.5 Å². The normalized spacial score (nSPS) is 16.2. The lowest BCUT2D eigenvalue weighted by Crippen LogP contribution is -2.42. The van der Waals surface area contributed by atoms with Crippen LogP contribution in [0.25, 0.3) is 11.0 Å². The van der Waals surface area contributed by atoms with Crippen molar-refractivity contribution < 1.29 is 9.53 Å². The summed E-state index contributed by atoms with van der Waals surface area (Å²) in [4.78, 5) is 20.3. The van der Waals surface area contributed by atoms with E-state index in [0.717, 1.165) is 71.7 Å². The Hall–Kier alpha value is -3.16. The van der Waals surface area contributed by atoms with Gasteiger partial charge in [0.25, 0.3) is 0 Å². The molecule has 4 aromatic rings. The number of amides is 1. The number of rotatable bonds is 8. The van der Waals surface area contributed by atoms with Gasteiger partial charge in [-0.05, 0) is 66.9 Å². The number of methoxy groups -OCH3 is 1. The quantitative estimate of drug-likeness (QED) is 0.322. The second-order valence-corrected chi connectivity index (χ2v) is 10.3. The lowest BCUT2D eigenvalue weighted by molar-refractivity contribution is -0.127. The summed E-state index contributed by atoms with van der Waals surface area (Å²) in [7, 11) is 1.68. The molecule has 1 aliphatic rings. The van der Waals surface area contributed by atoms with Gasteiger partial charge in [-0.3, -0.25) is 9.69 Å². The van der Waals surface area contributed by atoms with E-state index < -0.39 is 0 Å². The van der Waals surface area contributed by atoms with Crippen LogP contribution < -0.4 is 10.1 Å². The van der Waals surface area contributed by atoms with Crippen LogP contribution in [0.15, 0.2) is 77.3 Å². The summed E-state index contributed by atoms with van der Waals surface area (Å²) < 4.78 is 8.66. The highest BCUT2D eigenvalue weighted by Gasteiger charge is 2.27. The Morgan fingerprint density at radius 1 is 1.03 bits per heavy atom. The van der Waals surface area contributed by atoms with E-state index in [1.54, 1.807) is 7.11 Å². The van der Waals surface area contributed by atoms with Gasteiger partial charge in [0, 0.05) is 24.1 Å². The molecule has 1 amide bonds. The predicted octanol–water partition coefficient (Wildman–Crippen LogP) is 5.38. The van der Waals surface area contributed by atoms with E-state index in [-0.39, 0.29) is 11.8 Å². The van der Waals surface area contributed by atoms with Crippen molar-refractivity contribution in [2.24, 2.45) is 5.92 Å². The molecule has 0 unspecified atom stereocenters. The number of ether oxygens (including phenoxy) is 1. The van der Waals surface area contributed by atoms with Crippen molar-refractivity contribution in [3.63, 3.8) is 0 Å². The molecule has 1 saturated heterocycles. The fraction of sp³-hybridized carbons (Fsp3) is 0.310. The molecule has 36 heavy (non-hydrogen) atoms. The molecule has 6 nitrogen and oxygen atoms in total. The SMILES string of the molecule is COc1ccc(Cn2c(CN3CCC[C@H](C(=O)NCc4ccc(Br)cc4)C3)nc3ccccc32)cc1. The van der Waals surface area contributed by atoms with Gasteiger partial charge in [-0.2, -0.15) is 0 Å². The summed E-state index contributed by atoms with van der Waals surface area (Å²) in [6.45, 7) is 3.74. The maximum absolute atomic E-state index is 13.0. The summed E-state index contributed by atoms with van der Waals surface area (Å²) in [5, 5.41) is 3.14. The summed E-state index contributed by atoms with van der Waals surface area (Å²) in [5.74, 6) is 2.01. The van der Waals surface area contributed by atoms with Crippen molar-refractivity contribution in [2.75, 3.05) is 20.2 Å². The number of hydrogen-bond donors (Lipinski definition) is 1. The average Bonchev–Trinajstić information content (AvgIpc) is 3.25. The second kappa shape index (κ2) is 11.3. The lowest BCUT2D eigenvalue weighted by Gasteiger charge is -2.31. The highest BCUT2D eigenvalue weighted by atomic mass is 79.9. The van der Waals surface area contributed by atoms with E-state index >= 15 is 0 Å². The second-order valence-electron chi connectivity index (χ2n) is 9.37. The number of nitrogens with one attached hydrogen (secondary N) is 1. The number of piperidine rings is 1. The number of fused-ring (bicyclic) bond motifs is 1. The molecular weight excluding hydrogens is 516 g/mol. The highest BCUT2D eigenvalue weighted by molar-refractivity contribution is 9.10. The van der Waals surface area contributed by atoms with Crippen LogP contribution in [-0.4, -0.2) is 40.6 Å². The van der Waals surface area contributed by atoms with Crippen LogP contribution in [0.2, 0.25) is 0 Å². The topological polar surface area (TPSA) is 59.4 Å². The number of aromatic nitrogens is 2. The number of nitrogens with zero attached hydrogens (tertiary/aromatic N) is 3. The molecule has 5 rings (SSSR count). The highest BCUT2D eigenvalue weighted by Crippen LogP contribution is 2.23. The van der Waals surface area contributed by atoms with Gasteiger partial charge in [0.15, 0.2) is 0 Å². The van der Waals surface area contributed by atoms with Crippen molar-refractivity contribution in [3.8, 4) is 5.75 Å². The minimum Gasteiger partial charge on any atom is -0.497 e. The molecule has 1 fully saturated rings. The van der Waals surface area contributed by atoms with Gasteiger partial charge in [0.2, 0.25) is 5.91 Å². The molecule has 2 heterocycles. The van der Waals surface area contributed by atoms with Crippen LogP contribution in [0.5, 0.6) is 5.75 Å². The van der Waals surface area contributed by atoms with E-state index in [9.17, 15) is 4.79 Å². The molecule has 3 aromatic carbocycles. The Kier molecular flexibility index (Phi) is 7.68. The number of para-hydroxylation sites is 2. The number of carbonyl (C=O) groups excluding carboxylic acids is 1. The molecule has 1 N–H and O–H groups in total. The van der Waals surface area contributed by atoms with Crippen LogP contribution >= 0.6 is 15.9 Å². The Bertz CT molecular complexity index is 1320. The molecule has 0 saturated carbocycles. The zero-order valence-corrected chi connectivity index (χ0v) is 22.1. The first-order valence-electron chi connectivity index (χ1n) is 12.4. The fourth-order valence-electron chi connectivity index (χ4n) is 4.88. The Labute approximate surface area is 220 Å². The van der Waals surface area contributed by atoms with E-state index in [1.165, 1.54) is 5.56 Å².